The Morgan fingerprint density at radius 2 is 2.07 bits per heavy atom. The molecule has 76 valence electrons. The maximum absolute atomic E-state index is 6.34. The van der Waals surface area contributed by atoms with E-state index in [2.05, 4.69) is 31.4 Å². The topological polar surface area (TPSA) is 26.0 Å². The highest BCUT2D eigenvalue weighted by Crippen LogP contribution is 2.42. The summed E-state index contributed by atoms with van der Waals surface area (Å²) < 4.78 is 0. The zero-order valence-electron chi connectivity index (χ0n) is 8.84. The fourth-order valence-corrected chi connectivity index (χ4v) is 2.83. The quantitative estimate of drug-likeness (QED) is 0.754. The smallest absolute Gasteiger partial charge is 0.0420 e. The minimum Gasteiger partial charge on any atom is -0.321 e. The summed E-state index contributed by atoms with van der Waals surface area (Å²) in [5.74, 6) is 0. The number of benzene rings is 1. The van der Waals surface area contributed by atoms with E-state index in [1.165, 1.54) is 22.4 Å². The van der Waals surface area contributed by atoms with Gasteiger partial charge in [-0.3, -0.25) is 0 Å². The van der Waals surface area contributed by atoms with E-state index < -0.39 is 0 Å². The summed E-state index contributed by atoms with van der Waals surface area (Å²) in [6.45, 7) is 2.13. The van der Waals surface area contributed by atoms with Gasteiger partial charge >= 0.3 is 0 Å². The zero-order chi connectivity index (χ0) is 10.2. The summed E-state index contributed by atoms with van der Waals surface area (Å²) in [6.07, 6.45) is 5.69. The Bertz CT molecular complexity index is 342. The summed E-state index contributed by atoms with van der Waals surface area (Å²) in [4.78, 5) is 1.35. The van der Waals surface area contributed by atoms with E-state index in [1.54, 1.807) is 11.8 Å². The molecule has 0 atom stereocenters. The van der Waals surface area contributed by atoms with Gasteiger partial charge in [0, 0.05) is 10.4 Å². The Morgan fingerprint density at radius 3 is 2.57 bits per heavy atom. The first kappa shape index (κ1) is 10.1. The minimum atomic E-state index is -0.0218. The number of thioether (sulfide) groups is 1. The van der Waals surface area contributed by atoms with Gasteiger partial charge < -0.3 is 5.73 Å². The summed E-state index contributed by atoms with van der Waals surface area (Å²) in [5.41, 5.74) is 8.98. The molecule has 0 aliphatic heterocycles. The van der Waals surface area contributed by atoms with Crippen molar-refractivity contribution in [2.75, 3.05) is 6.26 Å². The van der Waals surface area contributed by atoms with E-state index in [9.17, 15) is 0 Å². The van der Waals surface area contributed by atoms with Gasteiger partial charge in [0.1, 0.15) is 0 Å². The lowest BCUT2D eigenvalue weighted by atomic mass is 9.72. The van der Waals surface area contributed by atoms with Gasteiger partial charge in [0.15, 0.2) is 0 Å². The second-order valence-electron chi connectivity index (χ2n) is 4.21. The molecule has 1 fully saturated rings. The first-order chi connectivity index (χ1) is 6.65. The summed E-state index contributed by atoms with van der Waals surface area (Å²) in [6, 6.07) is 6.62. The zero-order valence-corrected chi connectivity index (χ0v) is 9.66. The Labute approximate surface area is 90.1 Å². The van der Waals surface area contributed by atoms with Crippen molar-refractivity contribution < 1.29 is 0 Å². The van der Waals surface area contributed by atoms with Gasteiger partial charge in [-0.1, -0.05) is 12.1 Å². The van der Waals surface area contributed by atoms with Crippen LogP contribution in [0.1, 0.15) is 30.4 Å². The Hall–Kier alpha value is -0.470. The predicted molar refractivity (Wildman–Crippen MR) is 62.7 cm³/mol. The van der Waals surface area contributed by atoms with Crippen LogP contribution in [0.2, 0.25) is 0 Å². The van der Waals surface area contributed by atoms with E-state index in [-0.39, 0.29) is 5.54 Å². The molecule has 0 amide bonds. The molecule has 0 radical (unpaired) electrons. The lowest BCUT2D eigenvalue weighted by molar-refractivity contribution is 0.249. The minimum absolute atomic E-state index is 0.0218. The van der Waals surface area contributed by atoms with Crippen LogP contribution >= 0.6 is 11.8 Å². The molecule has 2 N–H and O–H groups in total. The van der Waals surface area contributed by atoms with E-state index in [1.807, 2.05) is 0 Å². The number of rotatable bonds is 2. The molecule has 1 saturated carbocycles. The number of hydrogen-bond donors (Lipinski definition) is 1. The van der Waals surface area contributed by atoms with Crippen molar-refractivity contribution in [3.63, 3.8) is 0 Å². The maximum atomic E-state index is 6.34. The first-order valence-electron chi connectivity index (χ1n) is 5.10. The van der Waals surface area contributed by atoms with Crippen molar-refractivity contribution in [1.29, 1.82) is 0 Å². The Balaban J connectivity index is 2.41. The fraction of sp³-hybridized carbons (Fsp3) is 0.500. The lowest BCUT2D eigenvalue weighted by Crippen LogP contribution is -2.43. The molecule has 1 nitrogen and oxygen atoms in total. The summed E-state index contributed by atoms with van der Waals surface area (Å²) in [7, 11) is 0. The molecule has 0 unspecified atom stereocenters. The van der Waals surface area contributed by atoms with Gasteiger partial charge in [-0.05, 0) is 49.6 Å². The SMILES string of the molecule is CSc1cc(C)ccc1C1(N)CCC1. The molecular formula is C12H17NS. The van der Waals surface area contributed by atoms with Crippen LogP contribution in [0.15, 0.2) is 23.1 Å². The van der Waals surface area contributed by atoms with Crippen LogP contribution in [0, 0.1) is 6.92 Å². The molecule has 14 heavy (non-hydrogen) atoms. The average Bonchev–Trinajstić information content (AvgIpc) is 2.14. The highest BCUT2D eigenvalue weighted by molar-refractivity contribution is 7.98. The lowest BCUT2D eigenvalue weighted by Gasteiger charge is -2.39. The van der Waals surface area contributed by atoms with Crippen molar-refractivity contribution in [2.24, 2.45) is 5.73 Å². The molecule has 0 saturated heterocycles. The van der Waals surface area contributed by atoms with Crippen LogP contribution in [0.4, 0.5) is 0 Å². The molecule has 0 spiro atoms. The number of aryl methyl sites for hydroxylation is 1. The third kappa shape index (κ3) is 1.57. The van der Waals surface area contributed by atoms with Crippen LogP contribution in [-0.4, -0.2) is 6.26 Å². The molecule has 1 aromatic carbocycles. The molecule has 1 aromatic rings. The number of nitrogens with two attached hydrogens (primary N) is 1. The van der Waals surface area contributed by atoms with Gasteiger partial charge in [0.2, 0.25) is 0 Å². The van der Waals surface area contributed by atoms with Crippen LogP contribution < -0.4 is 5.73 Å². The maximum Gasteiger partial charge on any atom is 0.0420 e. The van der Waals surface area contributed by atoms with Crippen molar-refractivity contribution in [1.82, 2.24) is 0 Å². The van der Waals surface area contributed by atoms with Crippen molar-refractivity contribution in [2.45, 2.75) is 36.6 Å². The van der Waals surface area contributed by atoms with Crippen molar-refractivity contribution in [3.8, 4) is 0 Å². The van der Waals surface area contributed by atoms with E-state index >= 15 is 0 Å². The summed E-state index contributed by atoms with van der Waals surface area (Å²) in [5, 5.41) is 0. The van der Waals surface area contributed by atoms with Gasteiger partial charge in [0.05, 0.1) is 0 Å². The Kier molecular flexibility index (Phi) is 2.58. The third-order valence-electron chi connectivity index (χ3n) is 3.14. The second-order valence-corrected chi connectivity index (χ2v) is 5.06. The normalized spacial score (nSPS) is 19.1. The van der Waals surface area contributed by atoms with Crippen molar-refractivity contribution >= 4 is 11.8 Å². The fourth-order valence-electron chi connectivity index (χ4n) is 2.04. The van der Waals surface area contributed by atoms with E-state index in [0.29, 0.717) is 0 Å². The molecule has 1 aliphatic rings. The molecule has 2 heteroatoms. The number of hydrogen-bond acceptors (Lipinski definition) is 2. The first-order valence-corrected chi connectivity index (χ1v) is 6.32. The van der Waals surface area contributed by atoms with Gasteiger partial charge in [-0.2, -0.15) is 0 Å². The van der Waals surface area contributed by atoms with Crippen LogP contribution in [0.3, 0.4) is 0 Å². The molecule has 0 aromatic heterocycles. The van der Waals surface area contributed by atoms with Crippen LogP contribution in [0.25, 0.3) is 0 Å². The molecule has 1 aliphatic carbocycles. The van der Waals surface area contributed by atoms with E-state index in [4.69, 9.17) is 5.73 Å². The Morgan fingerprint density at radius 1 is 1.36 bits per heavy atom. The largest absolute Gasteiger partial charge is 0.321 e. The van der Waals surface area contributed by atoms with Gasteiger partial charge in [0.25, 0.3) is 0 Å². The molecule has 0 bridgehead atoms. The summed E-state index contributed by atoms with van der Waals surface area (Å²) >= 11 is 1.81. The monoisotopic (exact) mass is 207 g/mol. The third-order valence-corrected chi connectivity index (χ3v) is 3.92. The predicted octanol–water partition coefficient (Wildman–Crippen LogP) is 3.05. The van der Waals surface area contributed by atoms with Crippen LogP contribution in [0.5, 0.6) is 0 Å². The standard InChI is InChI=1S/C12H17NS/c1-9-4-5-10(11(8-9)14-2)12(13)6-3-7-12/h4-5,8H,3,6-7,13H2,1-2H3. The molecule has 0 heterocycles. The molecular weight excluding hydrogens is 190 g/mol. The van der Waals surface area contributed by atoms with Crippen molar-refractivity contribution in [3.05, 3.63) is 29.3 Å². The van der Waals surface area contributed by atoms with Crippen LogP contribution in [-0.2, 0) is 5.54 Å². The highest BCUT2D eigenvalue weighted by Gasteiger charge is 2.35. The molecule has 2 rings (SSSR count). The van der Waals surface area contributed by atoms with E-state index in [0.717, 1.165) is 12.8 Å². The van der Waals surface area contributed by atoms with Gasteiger partial charge in [-0.25, -0.2) is 0 Å². The average molecular weight is 207 g/mol. The van der Waals surface area contributed by atoms with Gasteiger partial charge in [-0.15, -0.1) is 11.8 Å². The highest BCUT2D eigenvalue weighted by atomic mass is 32.2. The second kappa shape index (κ2) is 3.59.